The maximum atomic E-state index is 13.6. The number of anilines is 2. The number of nitrogens with two attached hydrogens (primary N) is 2. The number of carbonyl (C=O) groups is 1. The number of rotatable bonds is 4. The Morgan fingerprint density at radius 2 is 1.86 bits per heavy atom. The molecule has 2 aromatic rings. The highest BCUT2D eigenvalue weighted by Gasteiger charge is 2.10. The molecule has 1 amide bonds. The van der Waals surface area contributed by atoms with Gasteiger partial charge in [-0.15, -0.1) is 0 Å². The van der Waals surface area contributed by atoms with Crippen molar-refractivity contribution in [2.45, 2.75) is 20.4 Å². The molecule has 110 valence electrons. The SMILES string of the molecule is Cc1cc(CNc2cccc(C(N)=O)c2N)cc(C)c1F. The molecule has 0 aliphatic carbocycles. The zero-order valence-electron chi connectivity index (χ0n) is 12.0. The monoisotopic (exact) mass is 287 g/mol. The third kappa shape index (κ3) is 3.13. The van der Waals surface area contributed by atoms with Crippen molar-refractivity contribution in [3.63, 3.8) is 0 Å². The Hall–Kier alpha value is -2.56. The van der Waals surface area contributed by atoms with Crippen LogP contribution in [0.3, 0.4) is 0 Å². The van der Waals surface area contributed by atoms with E-state index in [9.17, 15) is 9.18 Å². The molecular formula is C16H18FN3O. The van der Waals surface area contributed by atoms with Crippen molar-refractivity contribution in [1.82, 2.24) is 0 Å². The third-order valence-electron chi connectivity index (χ3n) is 3.35. The lowest BCUT2D eigenvalue weighted by molar-refractivity contribution is 0.100. The van der Waals surface area contributed by atoms with Gasteiger partial charge < -0.3 is 16.8 Å². The summed E-state index contributed by atoms with van der Waals surface area (Å²) >= 11 is 0. The van der Waals surface area contributed by atoms with Gasteiger partial charge in [-0.1, -0.05) is 18.2 Å². The van der Waals surface area contributed by atoms with Crippen molar-refractivity contribution < 1.29 is 9.18 Å². The second-order valence-electron chi connectivity index (χ2n) is 5.03. The number of hydrogen-bond donors (Lipinski definition) is 3. The molecule has 0 bridgehead atoms. The predicted molar refractivity (Wildman–Crippen MR) is 82.6 cm³/mol. The summed E-state index contributed by atoms with van der Waals surface area (Å²) in [5.41, 5.74) is 14.5. The molecule has 0 aromatic heterocycles. The highest BCUT2D eigenvalue weighted by molar-refractivity contribution is 6.00. The Bertz CT molecular complexity index is 675. The lowest BCUT2D eigenvalue weighted by Gasteiger charge is -2.13. The van der Waals surface area contributed by atoms with E-state index in [1.807, 2.05) is 0 Å². The molecule has 0 heterocycles. The summed E-state index contributed by atoms with van der Waals surface area (Å²) in [4.78, 5) is 11.2. The van der Waals surface area contributed by atoms with E-state index < -0.39 is 5.91 Å². The van der Waals surface area contributed by atoms with Gasteiger partial charge in [0.15, 0.2) is 0 Å². The van der Waals surface area contributed by atoms with Crippen molar-refractivity contribution in [2.24, 2.45) is 5.73 Å². The van der Waals surface area contributed by atoms with Gasteiger partial charge in [-0.3, -0.25) is 4.79 Å². The van der Waals surface area contributed by atoms with Crippen LogP contribution in [0.1, 0.15) is 27.0 Å². The third-order valence-corrected chi connectivity index (χ3v) is 3.35. The van der Waals surface area contributed by atoms with Gasteiger partial charge in [0.05, 0.1) is 16.9 Å². The molecule has 21 heavy (non-hydrogen) atoms. The maximum absolute atomic E-state index is 13.6. The Balaban J connectivity index is 2.21. The van der Waals surface area contributed by atoms with Crippen LogP contribution >= 0.6 is 0 Å². The molecule has 0 spiro atoms. The van der Waals surface area contributed by atoms with Gasteiger partial charge in [0.25, 0.3) is 5.91 Å². The molecule has 2 aromatic carbocycles. The van der Waals surface area contributed by atoms with E-state index in [0.717, 1.165) is 5.56 Å². The molecular weight excluding hydrogens is 269 g/mol. The summed E-state index contributed by atoms with van der Waals surface area (Å²) < 4.78 is 13.6. The highest BCUT2D eigenvalue weighted by Crippen LogP contribution is 2.23. The molecule has 0 saturated carbocycles. The fourth-order valence-corrected chi connectivity index (χ4v) is 2.27. The van der Waals surface area contributed by atoms with E-state index in [1.165, 1.54) is 0 Å². The van der Waals surface area contributed by atoms with Crippen molar-refractivity contribution in [1.29, 1.82) is 0 Å². The van der Waals surface area contributed by atoms with Crippen molar-refractivity contribution in [3.8, 4) is 0 Å². The topological polar surface area (TPSA) is 81.1 Å². The molecule has 0 fully saturated rings. The number of nitrogen functional groups attached to an aromatic ring is 1. The molecule has 0 aliphatic heterocycles. The van der Waals surface area contributed by atoms with Crippen LogP contribution in [-0.4, -0.2) is 5.91 Å². The number of benzene rings is 2. The van der Waals surface area contributed by atoms with Crippen LogP contribution in [0.25, 0.3) is 0 Å². The second-order valence-corrected chi connectivity index (χ2v) is 5.03. The number of carbonyl (C=O) groups excluding carboxylic acids is 1. The molecule has 5 heteroatoms. The van der Waals surface area contributed by atoms with Gasteiger partial charge in [0, 0.05) is 6.54 Å². The van der Waals surface area contributed by atoms with Crippen LogP contribution in [-0.2, 0) is 6.54 Å². The minimum Gasteiger partial charge on any atom is -0.396 e. The van der Waals surface area contributed by atoms with E-state index in [0.29, 0.717) is 29.0 Å². The quantitative estimate of drug-likeness (QED) is 0.756. The summed E-state index contributed by atoms with van der Waals surface area (Å²) in [6, 6.07) is 8.62. The van der Waals surface area contributed by atoms with E-state index in [-0.39, 0.29) is 11.4 Å². The van der Waals surface area contributed by atoms with Crippen LogP contribution in [0.5, 0.6) is 0 Å². The minimum absolute atomic E-state index is 0.186. The van der Waals surface area contributed by atoms with Crippen LogP contribution in [0.2, 0.25) is 0 Å². The molecule has 5 N–H and O–H groups in total. The van der Waals surface area contributed by atoms with E-state index in [2.05, 4.69) is 5.32 Å². The molecule has 2 rings (SSSR count). The molecule has 0 radical (unpaired) electrons. The number of para-hydroxylation sites is 1. The number of amides is 1. The molecule has 0 unspecified atom stereocenters. The first kappa shape index (κ1) is 14.8. The average Bonchev–Trinajstić information content (AvgIpc) is 2.43. The van der Waals surface area contributed by atoms with Crippen molar-refractivity contribution >= 4 is 17.3 Å². The van der Waals surface area contributed by atoms with E-state index in [4.69, 9.17) is 11.5 Å². The lowest BCUT2D eigenvalue weighted by atomic mass is 10.1. The van der Waals surface area contributed by atoms with E-state index in [1.54, 1.807) is 44.2 Å². The Kier molecular flexibility index (Phi) is 4.12. The second kappa shape index (κ2) is 5.83. The number of aryl methyl sites for hydroxylation is 2. The molecule has 0 saturated heterocycles. The van der Waals surface area contributed by atoms with Gasteiger partial charge in [0.1, 0.15) is 5.82 Å². The van der Waals surface area contributed by atoms with Gasteiger partial charge in [-0.25, -0.2) is 4.39 Å². The number of hydrogen-bond acceptors (Lipinski definition) is 3. The number of halogens is 1. The summed E-state index contributed by atoms with van der Waals surface area (Å²) in [6.07, 6.45) is 0. The summed E-state index contributed by atoms with van der Waals surface area (Å²) in [5, 5.41) is 3.14. The lowest BCUT2D eigenvalue weighted by Crippen LogP contribution is -2.15. The zero-order valence-corrected chi connectivity index (χ0v) is 12.0. The number of nitrogens with one attached hydrogen (secondary N) is 1. The van der Waals surface area contributed by atoms with Crippen molar-refractivity contribution in [3.05, 3.63) is 58.4 Å². The fourth-order valence-electron chi connectivity index (χ4n) is 2.27. The highest BCUT2D eigenvalue weighted by atomic mass is 19.1. The summed E-state index contributed by atoms with van der Waals surface area (Å²) in [6.45, 7) is 3.94. The minimum atomic E-state index is -0.565. The molecule has 4 nitrogen and oxygen atoms in total. The van der Waals surface area contributed by atoms with Crippen molar-refractivity contribution in [2.75, 3.05) is 11.1 Å². The smallest absolute Gasteiger partial charge is 0.250 e. The average molecular weight is 287 g/mol. The first-order valence-corrected chi connectivity index (χ1v) is 6.58. The summed E-state index contributed by atoms with van der Waals surface area (Å²) in [5.74, 6) is -0.751. The summed E-state index contributed by atoms with van der Waals surface area (Å²) in [7, 11) is 0. The Labute approximate surface area is 123 Å². The molecule has 0 atom stereocenters. The van der Waals surface area contributed by atoms with Gasteiger partial charge in [-0.2, -0.15) is 0 Å². The molecule has 0 aliphatic rings. The largest absolute Gasteiger partial charge is 0.396 e. The standard InChI is InChI=1S/C16H18FN3O/c1-9-6-11(7-10(2)14(9)17)8-20-13-5-3-4-12(15(13)18)16(19)21/h3-7,20H,8,18H2,1-2H3,(H2,19,21). The van der Waals surface area contributed by atoms with Crippen LogP contribution in [0.15, 0.2) is 30.3 Å². The zero-order chi connectivity index (χ0) is 15.6. The number of primary amides is 1. The van der Waals surface area contributed by atoms with Crippen LogP contribution < -0.4 is 16.8 Å². The Morgan fingerprint density at radius 1 is 1.24 bits per heavy atom. The van der Waals surface area contributed by atoms with Gasteiger partial charge in [-0.05, 0) is 42.7 Å². The maximum Gasteiger partial charge on any atom is 0.250 e. The van der Waals surface area contributed by atoms with Crippen LogP contribution in [0.4, 0.5) is 15.8 Å². The predicted octanol–water partition coefficient (Wildman–Crippen LogP) is 2.74. The van der Waals surface area contributed by atoms with E-state index >= 15 is 0 Å². The van der Waals surface area contributed by atoms with Gasteiger partial charge >= 0.3 is 0 Å². The van der Waals surface area contributed by atoms with Crippen LogP contribution in [0, 0.1) is 19.7 Å². The normalized spacial score (nSPS) is 10.4. The first-order chi connectivity index (χ1) is 9.90. The Morgan fingerprint density at radius 3 is 2.43 bits per heavy atom. The fraction of sp³-hybridized carbons (Fsp3) is 0.188. The van der Waals surface area contributed by atoms with Gasteiger partial charge in [0.2, 0.25) is 0 Å². The first-order valence-electron chi connectivity index (χ1n) is 6.58.